The first-order valence-electron chi connectivity index (χ1n) is 9.29. The van der Waals surface area contributed by atoms with Gasteiger partial charge in [-0.2, -0.15) is 0 Å². The third-order valence-corrected chi connectivity index (χ3v) is 5.18. The second-order valence-electron chi connectivity index (χ2n) is 7.05. The Morgan fingerprint density at radius 1 is 1.07 bits per heavy atom. The summed E-state index contributed by atoms with van der Waals surface area (Å²) in [4.78, 5) is 38.6. The summed E-state index contributed by atoms with van der Waals surface area (Å²) in [5.74, 6) is -0.552. The average molecular weight is 396 g/mol. The number of ether oxygens (including phenoxy) is 2. The number of anilines is 1. The molecule has 150 valence electrons. The van der Waals surface area contributed by atoms with Crippen LogP contribution in [0.3, 0.4) is 0 Å². The van der Waals surface area contributed by atoms with E-state index in [0.29, 0.717) is 42.1 Å². The molecule has 2 heterocycles. The van der Waals surface area contributed by atoms with E-state index >= 15 is 0 Å². The molecule has 8 heteroatoms. The van der Waals surface area contributed by atoms with Crippen LogP contribution < -0.4 is 14.8 Å². The molecule has 0 radical (unpaired) electrons. The van der Waals surface area contributed by atoms with Gasteiger partial charge in [-0.1, -0.05) is 6.07 Å². The Morgan fingerprint density at radius 2 is 1.83 bits per heavy atom. The van der Waals surface area contributed by atoms with Crippen LogP contribution in [-0.2, 0) is 4.79 Å². The minimum atomic E-state index is -1.07. The number of amides is 2. The number of hydrogen-bond acceptors (Lipinski definition) is 5. The molecule has 2 aliphatic heterocycles. The van der Waals surface area contributed by atoms with Crippen molar-refractivity contribution in [1.29, 1.82) is 0 Å². The van der Waals surface area contributed by atoms with Crippen molar-refractivity contribution in [2.75, 3.05) is 18.7 Å². The summed E-state index contributed by atoms with van der Waals surface area (Å²) in [6.07, 6.45) is 1.25. The van der Waals surface area contributed by atoms with Gasteiger partial charge in [0.15, 0.2) is 11.5 Å². The SMILES string of the molecule is Cc1ccc(C(=O)O)cc1NC(=O)C1CCCN1C(=O)c1ccc2c(c1)OCO2. The molecule has 4 rings (SSSR count). The van der Waals surface area contributed by atoms with Crippen LogP contribution in [0.25, 0.3) is 0 Å². The van der Waals surface area contributed by atoms with E-state index in [2.05, 4.69) is 5.32 Å². The Morgan fingerprint density at radius 3 is 2.62 bits per heavy atom. The van der Waals surface area contributed by atoms with Gasteiger partial charge in [0.1, 0.15) is 6.04 Å². The number of carboxylic acid groups (broad SMARTS) is 1. The van der Waals surface area contributed by atoms with Gasteiger partial charge in [-0.25, -0.2) is 4.79 Å². The molecule has 2 aromatic rings. The number of hydrogen-bond donors (Lipinski definition) is 2. The normalized spacial score (nSPS) is 17.3. The van der Waals surface area contributed by atoms with Crippen molar-refractivity contribution < 1.29 is 29.0 Å². The third-order valence-electron chi connectivity index (χ3n) is 5.18. The lowest BCUT2D eigenvalue weighted by Crippen LogP contribution is -2.43. The first kappa shape index (κ1) is 18.8. The molecule has 2 amide bonds. The molecule has 0 saturated carbocycles. The first-order valence-corrected chi connectivity index (χ1v) is 9.29. The van der Waals surface area contributed by atoms with Crippen LogP contribution in [0.2, 0.25) is 0 Å². The molecule has 1 unspecified atom stereocenters. The Labute approximate surface area is 167 Å². The van der Waals surface area contributed by atoms with Gasteiger partial charge in [0.25, 0.3) is 5.91 Å². The summed E-state index contributed by atoms with van der Waals surface area (Å²) in [6.45, 7) is 2.38. The molecular formula is C21H20N2O6. The highest BCUT2D eigenvalue weighted by Crippen LogP contribution is 2.33. The lowest BCUT2D eigenvalue weighted by atomic mass is 10.1. The van der Waals surface area contributed by atoms with Gasteiger partial charge < -0.3 is 24.8 Å². The van der Waals surface area contributed by atoms with E-state index < -0.39 is 12.0 Å². The number of likely N-dealkylation sites (tertiary alicyclic amines) is 1. The van der Waals surface area contributed by atoms with Gasteiger partial charge in [-0.3, -0.25) is 9.59 Å². The number of rotatable bonds is 4. The van der Waals surface area contributed by atoms with Gasteiger partial charge in [-0.05, 0) is 55.7 Å². The predicted molar refractivity (Wildman–Crippen MR) is 103 cm³/mol. The fourth-order valence-electron chi connectivity index (χ4n) is 3.58. The van der Waals surface area contributed by atoms with E-state index in [0.717, 1.165) is 5.56 Å². The molecule has 1 atom stereocenters. The molecule has 2 aromatic carbocycles. The van der Waals surface area contributed by atoms with Gasteiger partial charge in [-0.15, -0.1) is 0 Å². The molecule has 8 nitrogen and oxygen atoms in total. The van der Waals surface area contributed by atoms with Crippen molar-refractivity contribution >= 4 is 23.5 Å². The third kappa shape index (κ3) is 3.61. The molecule has 2 aliphatic rings. The van der Waals surface area contributed by atoms with Crippen LogP contribution in [0.1, 0.15) is 39.1 Å². The van der Waals surface area contributed by atoms with Crippen LogP contribution in [0.15, 0.2) is 36.4 Å². The molecule has 0 aromatic heterocycles. The Bertz CT molecular complexity index is 1000. The molecule has 0 aliphatic carbocycles. The van der Waals surface area contributed by atoms with Crippen molar-refractivity contribution in [1.82, 2.24) is 4.90 Å². The number of carboxylic acids is 1. The molecule has 29 heavy (non-hydrogen) atoms. The zero-order valence-corrected chi connectivity index (χ0v) is 15.8. The van der Waals surface area contributed by atoms with Gasteiger partial charge in [0.05, 0.1) is 5.56 Å². The largest absolute Gasteiger partial charge is 0.478 e. The van der Waals surface area contributed by atoms with Crippen LogP contribution in [0.4, 0.5) is 5.69 Å². The fraction of sp³-hybridized carbons (Fsp3) is 0.286. The van der Waals surface area contributed by atoms with Crippen LogP contribution in [-0.4, -0.2) is 47.2 Å². The second kappa shape index (κ2) is 7.46. The van der Waals surface area contributed by atoms with Crippen molar-refractivity contribution in [3.63, 3.8) is 0 Å². The Balaban J connectivity index is 1.52. The lowest BCUT2D eigenvalue weighted by Gasteiger charge is -2.24. The Hall–Kier alpha value is -3.55. The number of aryl methyl sites for hydroxylation is 1. The fourth-order valence-corrected chi connectivity index (χ4v) is 3.58. The smallest absolute Gasteiger partial charge is 0.335 e. The maximum absolute atomic E-state index is 13.0. The highest BCUT2D eigenvalue weighted by molar-refractivity contribution is 6.02. The van der Waals surface area contributed by atoms with Crippen LogP contribution >= 0.6 is 0 Å². The van der Waals surface area contributed by atoms with Gasteiger partial charge >= 0.3 is 5.97 Å². The van der Waals surface area contributed by atoms with Crippen LogP contribution in [0, 0.1) is 6.92 Å². The number of benzene rings is 2. The summed E-state index contributed by atoms with van der Waals surface area (Å²) in [6, 6.07) is 8.89. The number of nitrogens with zero attached hydrogens (tertiary/aromatic N) is 1. The minimum absolute atomic E-state index is 0.0885. The summed E-state index contributed by atoms with van der Waals surface area (Å²) < 4.78 is 10.6. The minimum Gasteiger partial charge on any atom is -0.478 e. The zero-order chi connectivity index (χ0) is 20.5. The second-order valence-corrected chi connectivity index (χ2v) is 7.05. The maximum Gasteiger partial charge on any atom is 0.335 e. The number of aromatic carboxylic acids is 1. The topological polar surface area (TPSA) is 105 Å². The molecule has 2 N–H and O–H groups in total. The van der Waals surface area contributed by atoms with E-state index in [9.17, 15) is 14.4 Å². The quantitative estimate of drug-likeness (QED) is 0.823. The van der Waals surface area contributed by atoms with Crippen molar-refractivity contribution in [2.45, 2.75) is 25.8 Å². The maximum atomic E-state index is 13.0. The number of nitrogens with one attached hydrogen (secondary N) is 1. The lowest BCUT2D eigenvalue weighted by molar-refractivity contribution is -0.119. The zero-order valence-electron chi connectivity index (χ0n) is 15.8. The number of carbonyl (C=O) groups is 3. The first-order chi connectivity index (χ1) is 13.9. The standard InChI is InChI=1S/C21H20N2O6/c1-12-4-5-14(21(26)27)9-15(12)22-19(24)16-3-2-8-23(16)20(25)13-6-7-17-18(10-13)29-11-28-17/h4-7,9-10,16H,2-3,8,11H2,1H3,(H,22,24)(H,26,27). The van der Waals surface area contributed by atoms with E-state index in [1.165, 1.54) is 12.1 Å². The number of carbonyl (C=O) groups excluding carboxylic acids is 2. The highest BCUT2D eigenvalue weighted by atomic mass is 16.7. The molecular weight excluding hydrogens is 376 g/mol. The van der Waals surface area contributed by atoms with Gasteiger partial charge in [0.2, 0.25) is 12.7 Å². The van der Waals surface area contributed by atoms with E-state index in [-0.39, 0.29) is 24.2 Å². The monoisotopic (exact) mass is 396 g/mol. The van der Waals surface area contributed by atoms with E-state index in [1.807, 2.05) is 0 Å². The molecule has 1 saturated heterocycles. The summed E-state index contributed by atoms with van der Waals surface area (Å²) in [5, 5.41) is 12.0. The van der Waals surface area contributed by atoms with Crippen molar-refractivity contribution in [2.24, 2.45) is 0 Å². The molecule has 0 bridgehead atoms. The molecule has 0 spiro atoms. The van der Waals surface area contributed by atoms with E-state index in [1.54, 1.807) is 36.1 Å². The predicted octanol–water partition coefficient (Wildman–Crippen LogP) is 2.67. The Kier molecular flexibility index (Phi) is 4.84. The average Bonchev–Trinajstić information content (AvgIpc) is 3.37. The van der Waals surface area contributed by atoms with Gasteiger partial charge in [0, 0.05) is 17.8 Å². The summed E-state index contributed by atoms with van der Waals surface area (Å²) >= 11 is 0. The summed E-state index contributed by atoms with van der Waals surface area (Å²) in [5.41, 5.74) is 1.69. The van der Waals surface area contributed by atoms with Crippen molar-refractivity contribution in [3.8, 4) is 11.5 Å². The van der Waals surface area contributed by atoms with Crippen LogP contribution in [0.5, 0.6) is 11.5 Å². The van der Waals surface area contributed by atoms with E-state index in [4.69, 9.17) is 14.6 Å². The van der Waals surface area contributed by atoms with Crippen molar-refractivity contribution in [3.05, 3.63) is 53.1 Å². The number of fused-ring (bicyclic) bond motifs is 1. The highest BCUT2D eigenvalue weighted by Gasteiger charge is 2.35. The molecule has 1 fully saturated rings. The summed E-state index contributed by atoms with van der Waals surface area (Å²) in [7, 11) is 0.